The highest BCUT2D eigenvalue weighted by molar-refractivity contribution is 5.66. The summed E-state index contributed by atoms with van der Waals surface area (Å²) in [6.45, 7) is 3.98. The highest BCUT2D eigenvalue weighted by atomic mass is 15.3. The van der Waals surface area contributed by atoms with Crippen molar-refractivity contribution in [2.45, 2.75) is 13.8 Å². The normalized spacial score (nSPS) is 14.3. The fourth-order valence-electron chi connectivity index (χ4n) is 1.36. The summed E-state index contributed by atoms with van der Waals surface area (Å²) in [5, 5.41) is 4.34. The molecule has 0 aliphatic carbocycles. The molecule has 0 atom stereocenters. The Morgan fingerprint density at radius 1 is 1.29 bits per heavy atom. The quantitative estimate of drug-likeness (QED) is 0.659. The molecule has 0 N–H and O–H groups in total. The summed E-state index contributed by atoms with van der Waals surface area (Å²) in [6.07, 6.45) is 7.50. The van der Waals surface area contributed by atoms with Crippen LogP contribution in [0.4, 0.5) is 0 Å². The molecule has 0 spiro atoms. The number of rotatable bonds is 1. The molecular formula is C11H11N3. The van der Waals surface area contributed by atoms with Crippen LogP contribution in [0, 0.1) is 13.8 Å². The molecule has 3 heteroatoms. The summed E-state index contributed by atoms with van der Waals surface area (Å²) in [5.74, 6) is 3.61. The molecule has 0 bridgehead atoms. The highest BCUT2D eigenvalue weighted by Gasteiger charge is 2.04. The van der Waals surface area contributed by atoms with Crippen molar-refractivity contribution in [3.8, 4) is 0 Å². The largest absolute Gasteiger partial charge is 0.219 e. The van der Waals surface area contributed by atoms with Gasteiger partial charge in [0.05, 0.1) is 5.69 Å². The van der Waals surface area contributed by atoms with E-state index in [-0.39, 0.29) is 0 Å². The number of aliphatic imine (C=N–C) groups is 1. The van der Waals surface area contributed by atoms with Crippen LogP contribution in [0.3, 0.4) is 0 Å². The number of hydrogen-bond acceptors (Lipinski definition) is 2. The Morgan fingerprint density at radius 2 is 2.14 bits per heavy atom. The Balaban J connectivity index is 2.49. The molecular weight excluding hydrogens is 174 g/mol. The van der Waals surface area contributed by atoms with Crippen molar-refractivity contribution in [3.63, 3.8) is 0 Å². The van der Waals surface area contributed by atoms with Crippen molar-refractivity contribution >= 4 is 11.7 Å². The van der Waals surface area contributed by atoms with Crippen molar-refractivity contribution in [2.24, 2.45) is 4.99 Å². The summed E-state index contributed by atoms with van der Waals surface area (Å²) >= 11 is 0. The summed E-state index contributed by atoms with van der Waals surface area (Å²) < 4.78 is 1.81. The maximum absolute atomic E-state index is 4.34. The van der Waals surface area contributed by atoms with Crippen LogP contribution in [-0.4, -0.2) is 15.7 Å². The lowest BCUT2D eigenvalue weighted by molar-refractivity contribution is 0.842. The summed E-state index contributed by atoms with van der Waals surface area (Å²) in [4.78, 5) is 4.16. The van der Waals surface area contributed by atoms with E-state index in [0.29, 0.717) is 0 Å². The van der Waals surface area contributed by atoms with Crippen LogP contribution in [0.15, 0.2) is 35.4 Å². The summed E-state index contributed by atoms with van der Waals surface area (Å²) in [7, 11) is 0. The van der Waals surface area contributed by atoms with E-state index in [0.717, 1.165) is 17.2 Å². The summed E-state index contributed by atoms with van der Waals surface area (Å²) in [5.41, 5.74) is 2.07. The monoisotopic (exact) mass is 185 g/mol. The Morgan fingerprint density at radius 3 is 2.86 bits per heavy atom. The van der Waals surface area contributed by atoms with Gasteiger partial charge in [0.15, 0.2) is 5.82 Å². The zero-order valence-electron chi connectivity index (χ0n) is 8.23. The SMILES string of the molecule is Cc1cc(C)n(C2=CC=CC=C=N2)n1. The molecule has 0 amide bonds. The Hall–Kier alpha value is -1.86. The molecule has 70 valence electrons. The predicted molar refractivity (Wildman–Crippen MR) is 57.1 cm³/mol. The van der Waals surface area contributed by atoms with E-state index in [1.54, 1.807) is 6.08 Å². The molecule has 0 radical (unpaired) electrons. The van der Waals surface area contributed by atoms with Crippen molar-refractivity contribution in [1.82, 2.24) is 9.78 Å². The van der Waals surface area contributed by atoms with E-state index in [1.165, 1.54) is 0 Å². The molecule has 3 nitrogen and oxygen atoms in total. The Kier molecular flexibility index (Phi) is 2.17. The Labute approximate surface area is 82.8 Å². The van der Waals surface area contributed by atoms with E-state index < -0.39 is 0 Å². The number of nitrogens with zero attached hydrogens (tertiary/aromatic N) is 3. The lowest BCUT2D eigenvalue weighted by atomic mass is 10.4. The van der Waals surface area contributed by atoms with E-state index in [1.807, 2.05) is 42.8 Å². The minimum Gasteiger partial charge on any atom is -0.219 e. The van der Waals surface area contributed by atoms with Gasteiger partial charge >= 0.3 is 0 Å². The van der Waals surface area contributed by atoms with Gasteiger partial charge in [-0.3, -0.25) is 0 Å². The van der Waals surface area contributed by atoms with E-state index in [9.17, 15) is 0 Å². The first kappa shape index (κ1) is 8.73. The lowest BCUT2D eigenvalue weighted by Gasteiger charge is -2.01. The van der Waals surface area contributed by atoms with E-state index in [2.05, 4.69) is 16.0 Å². The second kappa shape index (κ2) is 3.48. The van der Waals surface area contributed by atoms with Gasteiger partial charge < -0.3 is 0 Å². The van der Waals surface area contributed by atoms with Crippen LogP contribution in [-0.2, 0) is 0 Å². The van der Waals surface area contributed by atoms with Gasteiger partial charge in [0, 0.05) is 5.69 Å². The molecule has 1 aromatic rings. The second-order valence-electron chi connectivity index (χ2n) is 3.16. The molecule has 14 heavy (non-hydrogen) atoms. The maximum Gasteiger partial charge on any atom is 0.163 e. The van der Waals surface area contributed by atoms with Gasteiger partial charge in [-0.1, -0.05) is 12.2 Å². The minimum absolute atomic E-state index is 0.792. The fraction of sp³-hybridized carbons (Fsp3) is 0.182. The number of allylic oxidation sites excluding steroid dienone is 4. The molecule has 0 saturated heterocycles. The Bertz CT molecular complexity index is 469. The molecule has 0 unspecified atom stereocenters. The third-order valence-electron chi connectivity index (χ3n) is 1.93. The standard InChI is InChI=1S/C11H11N3/c1-9-8-10(2)14(13-9)11-6-4-3-5-7-12-11/h3-6,8H,1-2H3. The first-order chi connectivity index (χ1) is 6.77. The number of aromatic nitrogens is 2. The first-order valence-electron chi connectivity index (χ1n) is 4.47. The maximum atomic E-state index is 4.34. The molecule has 2 heterocycles. The van der Waals surface area contributed by atoms with Gasteiger partial charge in [-0.25, -0.2) is 4.68 Å². The predicted octanol–water partition coefficient (Wildman–Crippen LogP) is 2.09. The van der Waals surface area contributed by atoms with Crippen molar-refractivity contribution in [2.75, 3.05) is 0 Å². The van der Waals surface area contributed by atoms with Gasteiger partial charge in [-0.05, 0) is 37.9 Å². The smallest absolute Gasteiger partial charge is 0.163 e. The van der Waals surface area contributed by atoms with Crippen molar-refractivity contribution < 1.29 is 0 Å². The molecule has 1 aliphatic rings. The van der Waals surface area contributed by atoms with E-state index >= 15 is 0 Å². The van der Waals surface area contributed by atoms with Crippen molar-refractivity contribution in [1.29, 1.82) is 0 Å². The van der Waals surface area contributed by atoms with Crippen LogP contribution < -0.4 is 0 Å². The molecule has 1 aliphatic heterocycles. The van der Waals surface area contributed by atoms with Gasteiger partial charge in [0.25, 0.3) is 0 Å². The third kappa shape index (κ3) is 1.58. The van der Waals surface area contributed by atoms with Crippen LogP contribution in [0.25, 0.3) is 5.82 Å². The number of hydrogen-bond donors (Lipinski definition) is 0. The molecule has 0 fully saturated rings. The molecule has 1 aromatic heterocycles. The minimum atomic E-state index is 0.792. The number of aryl methyl sites for hydroxylation is 2. The molecule has 0 saturated carbocycles. The van der Waals surface area contributed by atoms with Crippen LogP contribution >= 0.6 is 0 Å². The van der Waals surface area contributed by atoms with E-state index in [4.69, 9.17) is 0 Å². The van der Waals surface area contributed by atoms with Crippen LogP contribution in [0.5, 0.6) is 0 Å². The average molecular weight is 185 g/mol. The first-order valence-corrected chi connectivity index (χ1v) is 4.47. The van der Waals surface area contributed by atoms with Crippen LogP contribution in [0.1, 0.15) is 11.4 Å². The third-order valence-corrected chi connectivity index (χ3v) is 1.93. The topological polar surface area (TPSA) is 30.2 Å². The van der Waals surface area contributed by atoms with Gasteiger partial charge in [0.1, 0.15) is 0 Å². The zero-order chi connectivity index (χ0) is 9.97. The van der Waals surface area contributed by atoms with Gasteiger partial charge in [-0.2, -0.15) is 10.1 Å². The van der Waals surface area contributed by atoms with Crippen LogP contribution in [0.2, 0.25) is 0 Å². The van der Waals surface area contributed by atoms with Gasteiger partial charge in [0.2, 0.25) is 0 Å². The average Bonchev–Trinajstić information content (AvgIpc) is 2.43. The van der Waals surface area contributed by atoms with Gasteiger partial charge in [-0.15, -0.1) is 0 Å². The van der Waals surface area contributed by atoms with Crippen molar-refractivity contribution in [3.05, 3.63) is 41.8 Å². The second-order valence-corrected chi connectivity index (χ2v) is 3.16. The zero-order valence-corrected chi connectivity index (χ0v) is 8.23. The molecule has 2 rings (SSSR count). The lowest BCUT2D eigenvalue weighted by Crippen LogP contribution is -1.99. The molecule has 0 aromatic carbocycles. The fourth-order valence-corrected chi connectivity index (χ4v) is 1.36. The highest BCUT2D eigenvalue weighted by Crippen LogP contribution is 2.11. The summed E-state index contributed by atoms with van der Waals surface area (Å²) in [6, 6.07) is 2.02.